The Morgan fingerprint density at radius 2 is 2.32 bits per heavy atom. The first-order valence-electron chi connectivity index (χ1n) is 8.21. The summed E-state index contributed by atoms with van der Waals surface area (Å²) in [6, 6.07) is 0. The van der Waals surface area contributed by atoms with Crippen LogP contribution >= 0.6 is 0 Å². The Kier molecular flexibility index (Phi) is 4.78. The molecule has 1 aliphatic carbocycles. The van der Waals surface area contributed by atoms with Crippen molar-refractivity contribution in [3.05, 3.63) is 17.5 Å². The number of ether oxygens (including phenoxy) is 1. The number of piperidine rings is 1. The van der Waals surface area contributed by atoms with Gasteiger partial charge in [0, 0.05) is 37.1 Å². The van der Waals surface area contributed by atoms with Crippen molar-refractivity contribution < 1.29 is 9.53 Å². The third kappa shape index (κ3) is 3.33. The van der Waals surface area contributed by atoms with Gasteiger partial charge in [0.05, 0.1) is 12.8 Å². The summed E-state index contributed by atoms with van der Waals surface area (Å²) in [4.78, 5) is 12.5. The molecular weight excluding hydrogens is 280 g/mol. The molecule has 3 rings (SSSR count). The van der Waals surface area contributed by atoms with E-state index in [9.17, 15) is 4.79 Å². The maximum absolute atomic E-state index is 12.5. The SMILES string of the molecule is COCC1(CNC(=O)C2CCc3cn[nH]c3C2)CCNCC1. The molecule has 1 aliphatic heterocycles. The Labute approximate surface area is 131 Å². The highest BCUT2D eigenvalue weighted by atomic mass is 16.5. The molecule has 0 spiro atoms. The minimum atomic E-state index is 0.0641. The van der Waals surface area contributed by atoms with Crippen LogP contribution in [0, 0.1) is 11.3 Å². The highest BCUT2D eigenvalue weighted by Crippen LogP contribution is 2.29. The minimum absolute atomic E-state index is 0.0641. The van der Waals surface area contributed by atoms with Crippen LogP contribution in [-0.4, -0.2) is 49.5 Å². The van der Waals surface area contributed by atoms with Gasteiger partial charge in [-0.15, -0.1) is 0 Å². The fourth-order valence-corrected chi connectivity index (χ4v) is 3.69. The van der Waals surface area contributed by atoms with Gasteiger partial charge in [0.25, 0.3) is 0 Å². The fraction of sp³-hybridized carbons (Fsp3) is 0.750. The van der Waals surface area contributed by atoms with Crippen LogP contribution in [0.15, 0.2) is 6.20 Å². The molecule has 22 heavy (non-hydrogen) atoms. The van der Waals surface area contributed by atoms with Gasteiger partial charge in [0.2, 0.25) is 5.91 Å². The number of carbonyl (C=O) groups is 1. The summed E-state index contributed by atoms with van der Waals surface area (Å²) in [5.74, 6) is 0.239. The topological polar surface area (TPSA) is 79.0 Å². The maximum atomic E-state index is 12.5. The number of hydrogen-bond acceptors (Lipinski definition) is 4. The Bertz CT molecular complexity index is 502. The van der Waals surface area contributed by atoms with E-state index in [2.05, 4.69) is 20.8 Å². The summed E-state index contributed by atoms with van der Waals surface area (Å²) in [7, 11) is 1.74. The molecule has 1 unspecified atom stereocenters. The van der Waals surface area contributed by atoms with Gasteiger partial charge < -0.3 is 15.4 Å². The third-order valence-corrected chi connectivity index (χ3v) is 5.14. The van der Waals surface area contributed by atoms with Gasteiger partial charge in [0.1, 0.15) is 0 Å². The molecule has 2 heterocycles. The maximum Gasteiger partial charge on any atom is 0.223 e. The number of rotatable bonds is 5. The first-order valence-corrected chi connectivity index (χ1v) is 8.21. The number of amides is 1. The third-order valence-electron chi connectivity index (χ3n) is 5.14. The molecule has 122 valence electrons. The van der Waals surface area contributed by atoms with Gasteiger partial charge in [-0.2, -0.15) is 5.10 Å². The molecule has 6 heteroatoms. The highest BCUT2D eigenvalue weighted by Gasteiger charge is 2.34. The van der Waals surface area contributed by atoms with Crippen molar-refractivity contribution in [2.75, 3.05) is 33.4 Å². The summed E-state index contributed by atoms with van der Waals surface area (Å²) in [6.07, 6.45) is 6.62. The van der Waals surface area contributed by atoms with Gasteiger partial charge in [0.15, 0.2) is 0 Å². The molecule has 1 amide bonds. The lowest BCUT2D eigenvalue weighted by atomic mass is 9.79. The Hall–Kier alpha value is -1.40. The second-order valence-electron chi connectivity index (χ2n) is 6.71. The summed E-state index contributed by atoms with van der Waals surface area (Å²) in [5.41, 5.74) is 2.47. The lowest BCUT2D eigenvalue weighted by molar-refractivity contribution is -0.126. The lowest BCUT2D eigenvalue weighted by Crippen LogP contribution is -2.48. The van der Waals surface area contributed by atoms with E-state index in [1.165, 1.54) is 5.56 Å². The Morgan fingerprint density at radius 3 is 3.09 bits per heavy atom. The molecule has 1 saturated heterocycles. The summed E-state index contributed by atoms with van der Waals surface area (Å²) < 4.78 is 5.41. The molecule has 1 aromatic rings. The number of hydrogen-bond donors (Lipinski definition) is 3. The van der Waals surface area contributed by atoms with Crippen molar-refractivity contribution >= 4 is 5.91 Å². The average molecular weight is 306 g/mol. The number of nitrogens with zero attached hydrogens (tertiary/aromatic N) is 1. The number of aromatic amines is 1. The number of carbonyl (C=O) groups excluding carboxylic acids is 1. The molecule has 1 aromatic heterocycles. The molecule has 6 nitrogen and oxygen atoms in total. The van der Waals surface area contributed by atoms with E-state index < -0.39 is 0 Å². The number of methoxy groups -OCH3 is 1. The van der Waals surface area contributed by atoms with E-state index in [-0.39, 0.29) is 17.2 Å². The number of fused-ring (bicyclic) bond motifs is 1. The van der Waals surface area contributed by atoms with Crippen molar-refractivity contribution in [1.29, 1.82) is 0 Å². The number of aromatic nitrogens is 2. The Morgan fingerprint density at radius 1 is 1.50 bits per heavy atom. The van der Waals surface area contributed by atoms with Crippen molar-refractivity contribution in [3.8, 4) is 0 Å². The van der Waals surface area contributed by atoms with Gasteiger partial charge in [-0.1, -0.05) is 0 Å². The summed E-state index contributed by atoms with van der Waals surface area (Å²) >= 11 is 0. The van der Waals surface area contributed by atoms with Crippen LogP contribution in [0.2, 0.25) is 0 Å². The summed E-state index contributed by atoms with van der Waals surface area (Å²) in [5, 5.41) is 13.7. The fourth-order valence-electron chi connectivity index (χ4n) is 3.69. The molecule has 0 aromatic carbocycles. The quantitative estimate of drug-likeness (QED) is 0.746. The molecular formula is C16H26N4O2. The second kappa shape index (κ2) is 6.79. The zero-order chi connectivity index (χ0) is 15.4. The summed E-state index contributed by atoms with van der Waals surface area (Å²) in [6.45, 7) is 3.43. The number of nitrogens with one attached hydrogen (secondary N) is 3. The molecule has 0 bridgehead atoms. The first-order chi connectivity index (χ1) is 10.7. The van der Waals surface area contributed by atoms with E-state index in [0.29, 0.717) is 13.2 Å². The van der Waals surface area contributed by atoms with E-state index in [1.807, 2.05) is 6.20 Å². The van der Waals surface area contributed by atoms with Gasteiger partial charge in [-0.25, -0.2) is 0 Å². The van der Waals surface area contributed by atoms with E-state index >= 15 is 0 Å². The number of aryl methyl sites for hydroxylation is 1. The molecule has 1 fully saturated rings. The van der Waals surface area contributed by atoms with Crippen LogP contribution in [0.4, 0.5) is 0 Å². The van der Waals surface area contributed by atoms with Crippen LogP contribution in [0.3, 0.4) is 0 Å². The van der Waals surface area contributed by atoms with Crippen LogP contribution < -0.4 is 10.6 Å². The zero-order valence-corrected chi connectivity index (χ0v) is 13.3. The molecule has 2 aliphatic rings. The number of H-pyrrole nitrogens is 1. The average Bonchev–Trinajstić information content (AvgIpc) is 3.01. The van der Waals surface area contributed by atoms with Crippen LogP contribution in [0.25, 0.3) is 0 Å². The van der Waals surface area contributed by atoms with Gasteiger partial charge in [-0.05, 0) is 44.3 Å². The van der Waals surface area contributed by atoms with Crippen molar-refractivity contribution in [2.45, 2.75) is 32.1 Å². The van der Waals surface area contributed by atoms with E-state index in [0.717, 1.165) is 50.9 Å². The molecule has 3 N–H and O–H groups in total. The largest absolute Gasteiger partial charge is 0.384 e. The lowest BCUT2D eigenvalue weighted by Gasteiger charge is -2.37. The van der Waals surface area contributed by atoms with Crippen LogP contribution in [-0.2, 0) is 22.4 Å². The van der Waals surface area contributed by atoms with E-state index in [4.69, 9.17) is 4.74 Å². The second-order valence-corrected chi connectivity index (χ2v) is 6.71. The monoisotopic (exact) mass is 306 g/mol. The van der Waals surface area contributed by atoms with Crippen molar-refractivity contribution in [1.82, 2.24) is 20.8 Å². The standard InChI is InChI=1S/C16H26N4O2/c1-22-11-16(4-6-17-7-5-16)10-18-15(21)12-2-3-13-9-19-20-14(13)8-12/h9,12,17H,2-8,10-11H2,1H3,(H,18,21)(H,19,20). The van der Waals surface area contributed by atoms with E-state index in [1.54, 1.807) is 7.11 Å². The molecule has 0 saturated carbocycles. The van der Waals surface area contributed by atoms with Gasteiger partial charge >= 0.3 is 0 Å². The smallest absolute Gasteiger partial charge is 0.223 e. The molecule has 1 atom stereocenters. The van der Waals surface area contributed by atoms with Gasteiger partial charge in [-0.3, -0.25) is 9.89 Å². The predicted molar refractivity (Wildman–Crippen MR) is 83.5 cm³/mol. The minimum Gasteiger partial charge on any atom is -0.384 e. The van der Waals surface area contributed by atoms with Crippen molar-refractivity contribution in [2.24, 2.45) is 11.3 Å². The highest BCUT2D eigenvalue weighted by molar-refractivity contribution is 5.79. The normalized spacial score (nSPS) is 23.8. The van der Waals surface area contributed by atoms with Crippen LogP contribution in [0.1, 0.15) is 30.5 Å². The Balaban J connectivity index is 1.55. The molecule has 0 radical (unpaired) electrons. The first kappa shape index (κ1) is 15.5. The predicted octanol–water partition coefficient (Wildman–Crippen LogP) is 0.647. The van der Waals surface area contributed by atoms with Crippen LogP contribution in [0.5, 0.6) is 0 Å². The van der Waals surface area contributed by atoms with Crippen molar-refractivity contribution in [3.63, 3.8) is 0 Å². The zero-order valence-electron chi connectivity index (χ0n) is 13.3.